The molecule has 0 atom stereocenters. The molecule has 3 aromatic carbocycles. The first-order valence-corrected chi connectivity index (χ1v) is 12.9. The molecule has 1 amide bonds. The summed E-state index contributed by atoms with van der Waals surface area (Å²) < 4.78 is 11.3. The number of carbonyl (C=O) groups excluding carboxylic acids is 2. The van der Waals surface area contributed by atoms with Gasteiger partial charge in [0.05, 0.1) is 12.1 Å². The van der Waals surface area contributed by atoms with Crippen LogP contribution in [0.3, 0.4) is 0 Å². The molecule has 2 N–H and O–H groups in total. The number of anilines is 1. The molecule has 2 heterocycles. The van der Waals surface area contributed by atoms with Gasteiger partial charge < -0.3 is 19.7 Å². The van der Waals surface area contributed by atoms with Crippen molar-refractivity contribution in [3.05, 3.63) is 77.5 Å². The Balaban J connectivity index is 1.23. The third-order valence-corrected chi connectivity index (χ3v) is 6.90. The summed E-state index contributed by atoms with van der Waals surface area (Å²) >= 11 is 0. The van der Waals surface area contributed by atoms with Gasteiger partial charge in [0.25, 0.3) is 5.91 Å². The molecule has 1 aliphatic heterocycles. The monoisotopic (exact) mass is 512 g/mol. The summed E-state index contributed by atoms with van der Waals surface area (Å²) in [6, 6.07) is 19.0. The highest BCUT2D eigenvalue weighted by molar-refractivity contribution is 6.05. The van der Waals surface area contributed by atoms with E-state index in [4.69, 9.17) is 9.47 Å². The van der Waals surface area contributed by atoms with E-state index in [2.05, 4.69) is 27.5 Å². The van der Waals surface area contributed by atoms with Crippen molar-refractivity contribution in [3.8, 4) is 16.9 Å². The van der Waals surface area contributed by atoms with Crippen molar-refractivity contribution in [2.45, 2.75) is 32.8 Å². The summed E-state index contributed by atoms with van der Waals surface area (Å²) in [5, 5.41) is 10.7. The highest BCUT2D eigenvalue weighted by atomic mass is 16.5. The molecule has 196 valence electrons. The predicted octanol–water partition coefficient (Wildman–Crippen LogP) is 5.44. The van der Waals surface area contributed by atoms with Crippen LogP contribution in [0.15, 0.2) is 60.7 Å². The second-order valence-corrected chi connectivity index (χ2v) is 9.69. The van der Waals surface area contributed by atoms with E-state index in [1.165, 1.54) is 0 Å². The Morgan fingerprint density at radius 3 is 2.47 bits per heavy atom. The van der Waals surface area contributed by atoms with E-state index in [-0.39, 0.29) is 17.7 Å². The normalized spacial score (nSPS) is 14.4. The average Bonchev–Trinajstić information content (AvgIpc) is 3.35. The van der Waals surface area contributed by atoms with Crippen LogP contribution in [-0.4, -0.2) is 59.8 Å². The van der Waals surface area contributed by atoms with Crippen LogP contribution in [0.1, 0.15) is 46.2 Å². The van der Waals surface area contributed by atoms with E-state index >= 15 is 0 Å². The first-order chi connectivity index (χ1) is 18.4. The van der Waals surface area contributed by atoms with Gasteiger partial charge >= 0.3 is 5.97 Å². The van der Waals surface area contributed by atoms with Crippen molar-refractivity contribution < 1.29 is 19.1 Å². The molecule has 0 aliphatic carbocycles. The molecule has 0 radical (unpaired) electrons. The van der Waals surface area contributed by atoms with Crippen molar-refractivity contribution in [1.29, 1.82) is 0 Å². The number of hydrogen-bond acceptors (Lipinski definition) is 6. The molecule has 0 unspecified atom stereocenters. The smallest absolute Gasteiger partial charge is 0.359 e. The first-order valence-electron chi connectivity index (χ1n) is 12.9. The molecule has 0 saturated carbocycles. The van der Waals surface area contributed by atoms with Crippen LogP contribution in [-0.2, 0) is 4.74 Å². The number of rotatable bonds is 7. The number of carbonyl (C=O) groups is 2. The molecule has 1 aliphatic rings. The van der Waals surface area contributed by atoms with Crippen LogP contribution in [0.4, 0.5) is 5.69 Å². The van der Waals surface area contributed by atoms with E-state index in [0.29, 0.717) is 23.2 Å². The largest absolute Gasteiger partial charge is 0.490 e. The van der Waals surface area contributed by atoms with Crippen LogP contribution in [0.5, 0.6) is 5.75 Å². The third kappa shape index (κ3) is 5.55. The van der Waals surface area contributed by atoms with Crippen molar-refractivity contribution >= 4 is 28.5 Å². The lowest BCUT2D eigenvalue weighted by molar-refractivity contribution is 0.0521. The number of nitrogens with zero attached hydrogens (tertiary/aromatic N) is 2. The summed E-state index contributed by atoms with van der Waals surface area (Å²) in [5.41, 5.74) is 5.21. The Kier molecular flexibility index (Phi) is 7.42. The molecular weight excluding hydrogens is 480 g/mol. The van der Waals surface area contributed by atoms with E-state index in [9.17, 15) is 9.59 Å². The summed E-state index contributed by atoms with van der Waals surface area (Å²) in [7, 11) is 2.13. The Bertz CT molecular complexity index is 1450. The maximum Gasteiger partial charge on any atom is 0.359 e. The maximum atomic E-state index is 12.9. The summed E-state index contributed by atoms with van der Waals surface area (Å²) in [5.74, 6) is 0.224. The minimum atomic E-state index is -0.443. The maximum absolute atomic E-state index is 12.9. The van der Waals surface area contributed by atoms with Gasteiger partial charge in [-0.1, -0.05) is 18.2 Å². The number of esters is 1. The zero-order valence-electron chi connectivity index (χ0n) is 21.9. The number of nitrogens with one attached hydrogen (secondary N) is 2. The number of aromatic amines is 1. The van der Waals surface area contributed by atoms with Gasteiger partial charge in [-0.05, 0) is 92.9 Å². The topological polar surface area (TPSA) is 96.5 Å². The first kappa shape index (κ1) is 25.5. The van der Waals surface area contributed by atoms with Crippen molar-refractivity contribution in [3.63, 3.8) is 0 Å². The van der Waals surface area contributed by atoms with Gasteiger partial charge in [-0.3, -0.25) is 9.89 Å². The highest BCUT2D eigenvalue weighted by Gasteiger charge is 2.19. The van der Waals surface area contributed by atoms with Gasteiger partial charge in [0, 0.05) is 29.7 Å². The van der Waals surface area contributed by atoms with E-state index < -0.39 is 5.97 Å². The molecule has 8 heteroatoms. The Labute approximate surface area is 221 Å². The highest BCUT2D eigenvalue weighted by Crippen LogP contribution is 2.27. The Morgan fingerprint density at radius 1 is 1.03 bits per heavy atom. The molecular formula is C30H32N4O4. The molecule has 5 rings (SSSR count). The quantitative estimate of drug-likeness (QED) is 0.320. The number of hydrogen-bond donors (Lipinski definition) is 2. The van der Waals surface area contributed by atoms with Crippen molar-refractivity contribution in [2.75, 3.05) is 32.1 Å². The lowest BCUT2D eigenvalue weighted by atomic mass is 10.0. The fourth-order valence-corrected chi connectivity index (χ4v) is 4.71. The average molecular weight is 513 g/mol. The zero-order chi connectivity index (χ0) is 26.6. The number of aryl methyl sites for hydroxylation is 1. The number of piperidine rings is 1. The second-order valence-electron chi connectivity index (χ2n) is 9.69. The van der Waals surface area contributed by atoms with Gasteiger partial charge in [0.15, 0.2) is 5.69 Å². The van der Waals surface area contributed by atoms with Crippen LogP contribution in [0.2, 0.25) is 0 Å². The Morgan fingerprint density at radius 2 is 1.76 bits per heavy atom. The van der Waals surface area contributed by atoms with Gasteiger partial charge in [0.1, 0.15) is 11.9 Å². The molecule has 4 aromatic rings. The Hall–Kier alpha value is -4.17. The minimum absolute atomic E-state index is 0.169. The van der Waals surface area contributed by atoms with E-state index in [1.54, 1.807) is 6.92 Å². The van der Waals surface area contributed by atoms with Gasteiger partial charge in [0.2, 0.25) is 0 Å². The number of amides is 1. The van der Waals surface area contributed by atoms with Crippen LogP contribution < -0.4 is 10.1 Å². The third-order valence-electron chi connectivity index (χ3n) is 6.90. The van der Waals surface area contributed by atoms with Gasteiger partial charge in [-0.2, -0.15) is 5.10 Å². The van der Waals surface area contributed by atoms with Crippen LogP contribution >= 0.6 is 0 Å². The number of benzene rings is 3. The SMILES string of the molecule is CCOC(=O)c1n[nH]c2cc(-c3ccc(NC(=O)c4ccc(OC5CCN(C)CC5)c(C)c4)cc3)ccc12. The number of aromatic nitrogens is 2. The van der Waals surface area contributed by atoms with E-state index in [0.717, 1.165) is 53.9 Å². The number of H-pyrrole nitrogens is 1. The van der Waals surface area contributed by atoms with Crippen LogP contribution in [0, 0.1) is 6.92 Å². The number of ether oxygens (including phenoxy) is 2. The second kappa shape index (κ2) is 11.1. The minimum Gasteiger partial charge on any atom is -0.490 e. The van der Waals surface area contributed by atoms with Crippen molar-refractivity contribution in [1.82, 2.24) is 15.1 Å². The molecule has 38 heavy (non-hydrogen) atoms. The van der Waals surface area contributed by atoms with Crippen molar-refractivity contribution in [2.24, 2.45) is 0 Å². The number of likely N-dealkylation sites (tertiary alicyclic amines) is 1. The molecule has 0 bridgehead atoms. The molecule has 1 aromatic heterocycles. The standard InChI is InChI=1S/C30H32N4O4/c1-4-37-30(36)28-25-11-7-21(18-26(25)32-33-28)20-5-9-23(10-6-20)31-29(35)22-8-12-27(19(2)17-22)38-24-13-15-34(3)16-14-24/h5-12,17-18,24H,4,13-16H2,1-3H3,(H,31,35)(H,32,33). The zero-order valence-corrected chi connectivity index (χ0v) is 21.9. The molecule has 1 fully saturated rings. The summed E-state index contributed by atoms with van der Waals surface area (Å²) in [6.45, 7) is 6.11. The molecule has 0 spiro atoms. The van der Waals surface area contributed by atoms with Gasteiger partial charge in [-0.15, -0.1) is 0 Å². The lowest BCUT2D eigenvalue weighted by Crippen LogP contribution is -2.35. The summed E-state index contributed by atoms with van der Waals surface area (Å²) in [6.07, 6.45) is 2.24. The fourth-order valence-electron chi connectivity index (χ4n) is 4.71. The lowest BCUT2D eigenvalue weighted by Gasteiger charge is -2.29. The molecule has 1 saturated heterocycles. The van der Waals surface area contributed by atoms with Gasteiger partial charge in [-0.25, -0.2) is 4.79 Å². The van der Waals surface area contributed by atoms with Crippen LogP contribution in [0.25, 0.3) is 22.0 Å². The fraction of sp³-hybridized carbons (Fsp3) is 0.300. The van der Waals surface area contributed by atoms with E-state index in [1.807, 2.05) is 67.6 Å². The summed E-state index contributed by atoms with van der Waals surface area (Å²) in [4.78, 5) is 27.3. The molecule has 8 nitrogen and oxygen atoms in total. The number of fused-ring (bicyclic) bond motifs is 1. The predicted molar refractivity (Wildman–Crippen MR) is 148 cm³/mol.